The molecule has 0 fully saturated rings. The molecule has 8 nitrogen and oxygen atoms in total. The Morgan fingerprint density at radius 3 is 2.48 bits per heavy atom. The van der Waals surface area contributed by atoms with Crippen LogP contribution in [0.4, 0.5) is 0 Å². The predicted molar refractivity (Wildman–Crippen MR) is 117 cm³/mol. The summed E-state index contributed by atoms with van der Waals surface area (Å²) in [4.78, 5) is 25.7. The monoisotopic (exact) mass is 422 g/mol. The van der Waals surface area contributed by atoms with Gasteiger partial charge in [0.2, 0.25) is 0 Å². The van der Waals surface area contributed by atoms with E-state index in [9.17, 15) is 14.7 Å². The van der Waals surface area contributed by atoms with E-state index in [2.05, 4.69) is 32.7 Å². The van der Waals surface area contributed by atoms with E-state index in [0.717, 1.165) is 16.6 Å². The molecule has 0 unspecified atom stereocenters. The minimum Gasteiger partial charge on any atom is -0.506 e. The Morgan fingerprint density at radius 2 is 1.81 bits per heavy atom. The summed E-state index contributed by atoms with van der Waals surface area (Å²) in [5.41, 5.74) is 4.41. The Labute approximate surface area is 179 Å². The number of phenolic OH excluding ortho intramolecular Hbond substituents is 1. The van der Waals surface area contributed by atoms with E-state index in [0.29, 0.717) is 16.8 Å². The second-order valence-electron chi connectivity index (χ2n) is 8.70. The first-order chi connectivity index (χ1) is 14.6. The highest BCUT2D eigenvalue weighted by atomic mass is 16.5. The number of carbonyl (C=O) groups excluding carboxylic acids is 2. The number of amides is 1. The van der Waals surface area contributed by atoms with E-state index >= 15 is 0 Å². The molecule has 1 amide bonds. The molecule has 0 saturated heterocycles. The predicted octanol–water partition coefficient (Wildman–Crippen LogP) is 3.27. The first-order valence-electron chi connectivity index (χ1n) is 10.1. The largest absolute Gasteiger partial charge is 0.506 e. The number of fused-ring (bicyclic) bond motifs is 4. The van der Waals surface area contributed by atoms with Gasteiger partial charge in [0.25, 0.3) is 5.91 Å². The van der Waals surface area contributed by atoms with Gasteiger partial charge in [0, 0.05) is 11.1 Å². The van der Waals surface area contributed by atoms with Crippen LogP contribution in [0.1, 0.15) is 43.6 Å². The molecule has 162 valence electrons. The summed E-state index contributed by atoms with van der Waals surface area (Å²) in [5, 5.41) is 13.1. The van der Waals surface area contributed by atoms with Crippen molar-refractivity contribution in [3.8, 4) is 11.4 Å². The van der Waals surface area contributed by atoms with Crippen LogP contribution in [0.15, 0.2) is 48.6 Å². The van der Waals surface area contributed by atoms with Gasteiger partial charge in [-0.15, -0.1) is 14.1 Å². The third-order valence-electron chi connectivity index (χ3n) is 5.20. The number of phenols is 1. The highest BCUT2D eigenvalue weighted by molar-refractivity contribution is 5.98. The lowest BCUT2D eigenvalue weighted by atomic mass is 9.87. The smallest absolute Gasteiger partial charge is 0.333 e. The molecule has 0 saturated carbocycles. The molecule has 4 aromatic rings. The fraction of sp³-hybridized carbons (Fsp3) is 0.304. The van der Waals surface area contributed by atoms with Gasteiger partial charge in [0.05, 0.1) is 6.54 Å². The number of ether oxygens (including phenoxy) is 1. The molecule has 0 spiro atoms. The first kappa shape index (κ1) is 20.6. The highest BCUT2D eigenvalue weighted by Crippen LogP contribution is 2.34. The molecule has 31 heavy (non-hydrogen) atoms. The van der Waals surface area contributed by atoms with Crippen LogP contribution in [0.5, 0.6) is 5.75 Å². The molecule has 2 aromatic heterocycles. The minimum absolute atomic E-state index is 0.0427. The average Bonchev–Trinajstić information content (AvgIpc) is 3.36. The van der Waals surface area contributed by atoms with Crippen molar-refractivity contribution >= 4 is 22.9 Å². The lowest BCUT2D eigenvalue weighted by Crippen LogP contribution is -2.28. The Bertz CT molecular complexity index is 1300. The van der Waals surface area contributed by atoms with Crippen LogP contribution in [0.25, 0.3) is 16.7 Å². The summed E-state index contributed by atoms with van der Waals surface area (Å²) >= 11 is 0. The molecule has 2 aromatic carbocycles. The molecule has 0 aliphatic heterocycles. The Morgan fingerprint density at radius 1 is 1.10 bits per heavy atom. The Balaban J connectivity index is 1.51. The van der Waals surface area contributed by atoms with Gasteiger partial charge in [-0.2, -0.15) is 0 Å². The maximum absolute atomic E-state index is 12.4. The summed E-state index contributed by atoms with van der Waals surface area (Å²) < 4.78 is 8.79. The Hall–Kier alpha value is -3.68. The van der Waals surface area contributed by atoms with Crippen LogP contribution in [-0.4, -0.2) is 44.2 Å². The zero-order valence-corrected chi connectivity index (χ0v) is 18.1. The van der Waals surface area contributed by atoms with E-state index in [1.165, 1.54) is 0 Å². The van der Waals surface area contributed by atoms with Gasteiger partial charge >= 0.3 is 5.97 Å². The third-order valence-corrected chi connectivity index (χ3v) is 5.20. The number of carbonyl (C=O) groups is 2. The van der Waals surface area contributed by atoms with Crippen molar-refractivity contribution in [1.29, 1.82) is 0 Å². The van der Waals surface area contributed by atoms with Crippen LogP contribution in [0.2, 0.25) is 0 Å². The summed E-state index contributed by atoms with van der Waals surface area (Å²) in [7, 11) is 0. The maximum atomic E-state index is 12.4. The maximum Gasteiger partial charge on any atom is 0.333 e. The first-order valence-corrected chi connectivity index (χ1v) is 10.1. The number of nitrogens with zero attached hydrogens (tertiary/aromatic N) is 3. The average molecular weight is 422 g/mol. The van der Waals surface area contributed by atoms with Gasteiger partial charge in [0.15, 0.2) is 0 Å². The number of rotatable bonds is 6. The van der Waals surface area contributed by atoms with Gasteiger partial charge in [-0.3, -0.25) is 4.79 Å². The fourth-order valence-corrected chi connectivity index (χ4v) is 3.37. The number of aromatic nitrogens is 3. The molecule has 8 heteroatoms. The quantitative estimate of drug-likeness (QED) is 0.284. The molecule has 4 rings (SSSR count). The van der Waals surface area contributed by atoms with Gasteiger partial charge in [0.1, 0.15) is 29.1 Å². The molecule has 2 heterocycles. The second-order valence-corrected chi connectivity index (χ2v) is 8.70. The summed E-state index contributed by atoms with van der Waals surface area (Å²) in [6.45, 7) is 11.8. The SMILES string of the molecule is C=C(C)C(=O)OCCNC(=O)c1ccc2c(c1)n1n(-c3cc(C(C)(C)C)ccc3O)n21. The van der Waals surface area contributed by atoms with Crippen molar-refractivity contribution in [1.82, 2.24) is 19.4 Å². The van der Waals surface area contributed by atoms with Crippen molar-refractivity contribution < 1.29 is 19.4 Å². The van der Waals surface area contributed by atoms with E-state index in [-0.39, 0.29) is 30.2 Å². The minimum atomic E-state index is -0.476. The van der Waals surface area contributed by atoms with Gasteiger partial charge in [-0.05, 0) is 48.2 Å². The van der Waals surface area contributed by atoms with Crippen LogP contribution >= 0.6 is 0 Å². The lowest BCUT2D eigenvalue weighted by Gasteiger charge is -2.19. The summed E-state index contributed by atoms with van der Waals surface area (Å²) in [5.74, 6) is -0.537. The standard InChI is InChI=1S/C23H26N4O4/c1-14(2)22(30)31-11-10-24-21(29)15-6-8-17-18(12-15)26-25(17)27(26)19-13-16(23(3,4)5)7-9-20(19)28/h6-9,12-13,28H,1,10-11H2,2-5H3,(H,24,29). The highest BCUT2D eigenvalue weighted by Gasteiger charge is 2.27. The lowest BCUT2D eigenvalue weighted by molar-refractivity contribution is -0.138. The third kappa shape index (κ3) is 3.65. The van der Waals surface area contributed by atoms with E-state index in [1.54, 1.807) is 25.1 Å². The Kier molecular flexibility index (Phi) is 4.80. The van der Waals surface area contributed by atoms with Gasteiger partial charge in [-0.25, -0.2) is 4.79 Å². The second kappa shape index (κ2) is 7.23. The molecular formula is C23H26N4O4. The summed E-state index contributed by atoms with van der Waals surface area (Å²) in [6, 6.07) is 11.0. The van der Waals surface area contributed by atoms with Crippen LogP contribution < -0.4 is 5.32 Å². The number of nitrogens with one attached hydrogen (secondary N) is 1. The van der Waals surface area contributed by atoms with Gasteiger partial charge < -0.3 is 15.2 Å². The number of benzene rings is 2. The normalized spacial score (nSPS) is 12.0. The van der Waals surface area contributed by atoms with Crippen LogP contribution in [0.3, 0.4) is 0 Å². The van der Waals surface area contributed by atoms with Crippen LogP contribution in [-0.2, 0) is 14.9 Å². The molecule has 0 aliphatic carbocycles. The van der Waals surface area contributed by atoms with Crippen molar-refractivity contribution in [2.24, 2.45) is 0 Å². The zero-order valence-electron chi connectivity index (χ0n) is 18.1. The molecule has 2 N–H and O–H groups in total. The number of hydrogen-bond acceptors (Lipinski definition) is 4. The molecule has 0 bridgehead atoms. The topological polar surface area (TPSA) is 89.4 Å². The number of aromatic hydroxyl groups is 1. The summed E-state index contributed by atoms with van der Waals surface area (Å²) in [6.07, 6.45) is 0. The van der Waals surface area contributed by atoms with Crippen molar-refractivity contribution in [2.75, 3.05) is 13.2 Å². The number of hydrogen-bond donors (Lipinski definition) is 2. The zero-order chi connectivity index (χ0) is 22.5. The van der Waals surface area contributed by atoms with Crippen LogP contribution in [0, 0.1) is 0 Å². The molecule has 0 radical (unpaired) electrons. The molecule has 0 atom stereocenters. The van der Waals surface area contributed by atoms with Crippen molar-refractivity contribution in [3.05, 3.63) is 59.7 Å². The van der Waals surface area contributed by atoms with Crippen molar-refractivity contribution in [3.63, 3.8) is 0 Å². The molecular weight excluding hydrogens is 396 g/mol. The van der Waals surface area contributed by atoms with E-state index in [1.807, 2.05) is 32.3 Å². The van der Waals surface area contributed by atoms with Gasteiger partial charge in [-0.1, -0.05) is 33.4 Å². The fourth-order valence-electron chi connectivity index (χ4n) is 3.37. The number of esters is 1. The van der Waals surface area contributed by atoms with E-state index in [4.69, 9.17) is 4.74 Å². The molecule has 0 aliphatic rings. The van der Waals surface area contributed by atoms with Crippen molar-refractivity contribution in [2.45, 2.75) is 33.1 Å². The van der Waals surface area contributed by atoms with E-state index < -0.39 is 5.97 Å².